The average molecular weight is 501 g/mol. The minimum absolute atomic E-state index is 0.313. The molecule has 2 aromatic carbocycles. The lowest BCUT2D eigenvalue weighted by molar-refractivity contribution is 0.0369. The summed E-state index contributed by atoms with van der Waals surface area (Å²) in [6.07, 6.45) is 0.164. The first-order valence-electron chi connectivity index (χ1n) is 11.5. The number of aromatic amines is 1. The summed E-state index contributed by atoms with van der Waals surface area (Å²) in [5.41, 5.74) is 4.60. The SMILES string of the molecule is COC(=O)NCCOCCOCCOc1cc2c(cc1OC)-c1[nH]nc(Nc3cccc(F)c3)c1C2. The van der Waals surface area contributed by atoms with Crippen LogP contribution < -0.4 is 20.1 Å². The number of nitrogens with zero attached hydrogens (tertiary/aromatic N) is 1. The molecule has 0 saturated heterocycles. The fourth-order valence-corrected chi connectivity index (χ4v) is 3.84. The second kappa shape index (κ2) is 12.2. The van der Waals surface area contributed by atoms with Crippen molar-refractivity contribution in [2.75, 3.05) is 59.1 Å². The summed E-state index contributed by atoms with van der Waals surface area (Å²) in [4.78, 5) is 10.9. The van der Waals surface area contributed by atoms with Gasteiger partial charge in [0, 0.05) is 29.8 Å². The highest BCUT2D eigenvalue weighted by molar-refractivity contribution is 5.81. The van der Waals surface area contributed by atoms with Crippen LogP contribution in [0.4, 0.5) is 20.7 Å². The Hall–Kier alpha value is -3.83. The van der Waals surface area contributed by atoms with Gasteiger partial charge >= 0.3 is 6.09 Å². The first kappa shape index (κ1) is 25.3. The predicted octanol–water partition coefficient (Wildman–Crippen LogP) is 3.64. The first-order valence-corrected chi connectivity index (χ1v) is 11.5. The van der Waals surface area contributed by atoms with Crippen LogP contribution in [0.15, 0.2) is 36.4 Å². The van der Waals surface area contributed by atoms with E-state index in [4.69, 9.17) is 18.9 Å². The summed E-state index contributed by atoms with van der Waals surface area (Å²) in [6, 6.07) is 10.2. The molecular weight excluding hydrogens is 471 g/mol. The smallest absolute Gasteiger partial charge is 0.406 e. The molecule has 1 aliphatic carbocycles. The van der Waals surface area contributed by atoms with E-state index in [2.05, 4.69) is 25.6 Å². The molecule has 0 spiro atoms. The van der Waals surface area contributed by atoms with Gasteiger partial charge in [-0.25, -0.2) is 9.18 Å². The van der Waals surface area contributed by atoms with E-state index in [1.165, 1.54) is 19.2 Å². The lowest BCUT2D eigenvalue weighted by Crippen LogP contribution is -2.27. The molecule has 11 heteroatoms. The molecule has 0 bridgehead atoms. The van der Waals surface area contributed by atoms with Crippen LogP contribution in [0, 0.1) is 5.82 Å². The van der Waals surface area contributed by atoms with E-state index in [1.807, 2.05) is 12.1 Å². The molecule has 0 radical (unpaired) electrons. The molecular formula is C25H29FN4O6. The average Bonchev–Trinajstić information content (AvgIpc) is 3.43. The van der Waals surface area contributed by atoms with Gasteiger partial charge < -0.3 is 34.3 Å². The van der Waals surface area contributed by atoms with Crippen LogP contribution in [0.3, 0.4) is 0 Å². The number of nitrogens with one attached hydrogen (secondary N) is 3. The summed E-state index contributed by atoms with van der Waals surface area (Å²) in [6.45, 7) is 2.29. The van der Waals surface area contributed by atoms with Gasteiger partial charge in [-0.05, 0) is 35.9 Å². The Balaban J connectivity index is 1.26. The lowest BCUT2D eigenvalue weighted by Gasteiger charge is -2.13. The van der Waals surface area contributed by atoms with Gasteiger partial charge in [-0.1, -0.05) is 6.07 Å². The minimum atomic E-state index is -0.486. The van der Waals surface area contributed by atoms with Crippen LogP contribution in [0.2, 0.25) is 0 Å². The van der Waals surface area contributed by atoms with Gasteiger partial charge in [-0.2, -0.15) is 5.10 Å². The number of carbonyl (C=O) groups is 1. The molecule has 3 N–H and O–H groups in total. The van der Waals surface area contributed by atoms with Gasteiger partial charge in [0.25, 0.3) is 0 Å². The number of halogens is 1. The number of hydrogen-bond donors (Lipinski definition) is 3. The van der Waals surface area contributed by atoms with Crippen molar-refractivity contribution in [3.8, 4) is 22.8 Å². The normalized spacial score (nSPS) is 11.5. The number of rotatable bonds is 13. The van der Waals surface area contributed by atoms with Crippen molar-refractivity contribution >= 4 is 17.6 Å². The number of ether oxygens (including phenoxy) is 5. The van der Waals surface area contributed by atoms with Gasteiger partial charge in [0.1, 0.15) is 12.4 Å². The van der Waals surface area contributed by atoms with E-state index in [0.717, 1.165) is 22.4 Å². The maximum Gasteiger partial charge on any atom is 0.406 e. The monoisotopic (exact) mass is 500 g/mol. The Labute approximate surface area is 208 Å². The molecule has 0 saturated carbocycles. The van der Waals surface area contributed by atoms with Crippen LogP contribution in [0.25, 0.3) is 11.3 Å². The Morgan fingerprint density at radius 2 is 1.86 bits per heavy atom. The van der Waals surface area contributed by atoms with Crippen molar-refractivity contribution < 1.29 is 32.9 Å². The van der Waals surface area contributed by atoms with Crippen molar-refractivity contribution in [2.24, 2.45) is 0 Å². The Morgan fingerprint density at radius 3 is 2.64 bits per heavy atom. The van der Waals surface area contributed by atoms with E-state index < -0.39 is 6.09 Å². The van der Waals surface area contributed by atoms with Gasteiger partial charge in [0.05, 0.1) is 46.3 Å². The van der Waals surface area contributed by atoms with Crippen molar-refractivity contribution in [2.45, 2.75) is 6.42 Å². The van der Waals surface area contributed by atoms with E-state index >= 15 is 0 Å². The highest BCUT2D eigenvalue weighted by atomic mass is 19.1. The second-order valence-corrected chi connectivity index (χ2v) is 7.89. The Morgan fingerprint density at radius 1 is 1.06 bits per heavy atom. The topological polar surface area (TPSA) is 116 Å². The number of alkyl carbamates (subject to hydrolysis) is 1. The molecule has 0 aliphatic heterocycles. The maximum atomic E-state index is 13.6. The van der Waals surface area contributed by atoms with Crippen LogP contribution in [0.5, 0.6) is 11.5 Å². The molecule has 10 nitrogen and oxygen atoms in total. The zero-order valence-electron chi connectivity index (χ0n) is 20.2. The number of anilines is 2. The van der Waals surface area contributed by atoms with Gasteiger partial charge in [0.2, 0.25) is 0 Å². The maximum absolute atomic E-state index is 13.6. The quantitative estimate of drug-likeness (QED) is 0.238. The molecule has 0 fully saturated rings. The second-order valence-electron chi connectivity index (χ2n) is 7.89. The summed E-state index contributed by atoms with van der Waals surface area (Å²) in [7, 11) is 2.90. The molecule has 3 aromatic rings. The third-order valence-electron chi connectivity index (χ3n) is 5.54. The van der Waals surface area contributed by atoms with E-state index in [0.29, 0.717) is 69.0 Å². The van der Waals surface area contributed by atoms with Crippen molar-refractivity contribution in [3.05, 3.63) is 53.3 Å². The summed E-state index contributed by atoms with van der Waals surface area (Å²) < 4.78 is 40.4. The van der Waals surface area contributed by atoms with Crippen LogP contribution in [-0.4, -0.2) is 70.1 Å². The number of carbonyl (C=O) groups excluding carboxylic acids is 1. The van der Waals surface area contributed by atoms with E-state index in [1.54, 1.807) is 19.2 Å². The van der Waals surface area contributed by atoms with Crippen molar-refractivity contribution in [1.82, 2.24) is 15.5 Å². The predicted molar refractivity (Wildman–Crippen MR) is 131 cm³/mol. The zero-order chi connectivity index (χ0) is 25.3. The summed E-state index contributed by atoms with van der Waals surface area (Å²) >= 11 is 0. The Bertz CT molecular complexity index is 1190. The number of aromatic nitrogens is 2. The molecule has 192 valence electrons. The number of H-pyrrole nitrogens is 1. The third kappa shape index (κ3) is 6.23. The highest BCUT2D eigenvalue weighted by Crippen LogP contribution is 2.44. The summed E-state index contributed by atoms with van der Waals surface area (Å²) in [5.74, 6) is 1.58. The molecule has 1 heterocycles. The largest absolute Gasteiger partial charge is 0.493 e. The molecule has 1 aromatic heterocycles. The minimum Gasteiger partial charge on any atom is -0.493 e. The highest BCUT2D eigenvalue weighted by Gasteiger charge is 2.27. The van der Waals surface area contributed by atoms with Gasteiger partial charge in [-0.15, -0.1) is 0 Å². The number of amides is 1. The molecule has 36 heavy (non-hydrogen) atoms. The van der Waals surface area contributed by atoms with E-state index in [9.17, 15) is 9.18 Å². The summed E-state index contributed by atoms with van der Waals surface area (Å²) in [5, 5.41) is 13.2. The van der Waals surface area contributed by atoms with Crippen molar-refractivity contribution in [3.63, 3.8) is 0 Å². The number of fused-ring (bicyclic) bond motifs is 3. The van der Waals surface area contributed by atoms with Crippen molar-refractivity contribution in [1.29, 1.82) is 0 Å². The number of methoxy groups -OCH3 is 2. The molecule has 0 unspecified atom stereocenters. The Kier molecular flexibility index (Phi) is 8.58. The van der Waals surface area contributed by atoms with E-state index in [-0.39, 0.29) is 5.82 Å². The fraction of sp³-hybridized carbons (Fsp3) is 0.360. The van der Waals surface area contributed by atoms with Crippen LogP contribution in [0.1, 0.15) is 11.1 Å². The molecule has 4 rings (SSSR count). The third-order valence-corrected chi connectivity index (χ3v) is 5.54. The number of benzene rings is 2. The lowest BCUT2D eigenvalue weighted by atomic mass is 10.1. The molecule has 0 atom stereocenters. The first-order chi connectivity index (χ1) is 17.6. The fourth-order valence-electron chi connectivity index (χ4n) is 3.84. The van der Waals surface area contributed by atoms with Crippen LogP contribution in [-0.2, 0) is 20.6 Å². The standard InChI is InChI=1S/C25H29FN4O6/c1-32-21-15-19-16(12-20-23(19)29-30-24(20)28-18-5-3-4-17(26)14-18)13-22(21)36-11-10-35-9-8-34-7-6-27-25(31)33-2/h3-5,13-15H,6-12H2,1-2H3,(H,27,31)(H2,28,29,30). The zero-order valence-corrected chi connectivity index (χ0v) is 20.2. The number of hydrogen-bond acceptors (Lipinski definition) is 8. The van der Waals surface area contributed by atoms with Gasteiger partial charge in [0.15, 0.2) is 17.3 Å². The van der Waals surface area contributed by atoms with Gasteiger partial charge in [-0.3, -0.25) is 5.10 Å². The van der Waals surface area contributed by atoms with Crippen LogP contribution >= 0.6 is 0 Å². The molecule has 1 amide bonds. The molecule has 1 aliphatic rings.